The van der Waals surface area contributed by atoms with Crippen molar-refractivity contribution in [2.45, 2.75) is 58.2 Å². The van der Waals surface area contributed by atoms with Crippen molar-refractivity contribution in [1.29, 1.82) is 0 Å². The van der Waals surface area contributed by atoms with E-state index in [1.165, 1.54) is 19.3 Å². The SMILES string of the molecule is CCn1c(C#CC2CC2)cnc1-c1cn(CC2CCCCO2)nn1. The van der Waals surface area contributed by atoms with Gasteiger partial charge in [0.25, 0.3) is 0 Å². The first-order valence-electron chi connectivity index (χ1n) is 8.92. The molecule has 1 atom stereocenters. The Morgan fingerprint density at radius 3 is 2.96 bits per heavy atom. The average Bonchev–Trinajstić information content (AvgIpc) is 3.17. The summed E-state index contributed by atoms with van der Waals surface area (Å²) >= 11 is 0. The maximum Gasteiger partial charge on any atom is 0.163 e. The van der Waals surface area contributed by atoms with Crippen LogP contribution in [0.15, 0.2) is 12.4 Å². The van der Waals surface area contributed by atoms with Crippen molar-refractivity contribution in [3.05, 3.63) is 18.1 Å². The maximum atomic E-state index is 5.78. The molecule has 3 heterocycles. The first-order chi connectivity index (χ1) is 11.8. The lowest BCUT2D eigenvalue weighted by atomic mass is 10.1. The predicted molar refractivity (Wildman–Crippen MR) is 90.1 cm³/mol. The molecule has 6 nitrogen and oxygen atoms in total. The molecule has 2 fully saturated rings. The molecule has 1 saturated carbocycles. The Hall–Kier alpha value is -2.13. The highest BCUT2D eigenvalue weighted by Crippen LogP contribution is 2.27. The van der Waals surface area contributed by atoms with Crippen LogP contribution in [0.5, 0.6) is 0 Å². The van der Waals surface area contributed by atoms with E-state index in [0.29, 0.717) is 5.92 Å². The lowest BCUT2D eigenvalue weighted by molar-refractivity contribution is 0.00370. The second-order valence-electron chi connectivity index (χ2n) is 6.57. The highest BCUT2D eigenvalue weighted by atomic mass is 16.5. The summed E-state index contributed by atoms with van der Waals surface area (Å²) in [6.07, 6.45) is 10.0. The summed E-state index contributed by atoms with van der Waals surface area (Å²) < 4.78 is 9.76. The van der Waals surface area contributed by atoms with Crippen LogP contribution in [-0.2, 0) is 17.8 Å². The van der Waals surface area contributed by atoms with Crippen molar-refractivity contribution in [2.75, 3.05) is 6.61 Å². The van der Waals surface area contributed by atoms with Crippen LogP contribution in [0.3, 0.4) is 0 Å². The second kappa shape index (κ2) is 6.78. The fourth-order valence-electron chi connectivity index (χ4n) is 3.05. The molecule has 4 rings (SSSR count). The van der Waals surface area contributed by atoms with Crippen molar-refractivity contribution in [1.82, 2.24) is 24.5 Å². The first kappa shape index (κ1) is 15.4. The van der Waals surface area contributed by atoms with Gasteiger partial charge in [0.1, 0.15) is 11.4 Å². The monoisotopic (exact) mass is 325 g/mol. The molecule has 1 unspecified atom stereocenters. The van der Waals surface area contributed by atoms with Crippen LogP contribution < -0.4 is 0 Å². The topological polar surface area (TPSA) is 57.8 Å². The van der Waals surface area contributed by atoms with E-state index in [2.05, 4.69) is 38.6 Å². The van der Waals surface area contributed by atoms with Crippen LogP contribution in [0.25, 0.3) is 11.5 Å². The molecule has 0 radical (unpaired) electrons. The highest BCUT2D eigenvalue weighted by molar-refractivity contribution is 5.50. The third-order valence-corrected chi connectivity index (χ3v) is 4.59. The van der Waals surface area contributed by atoms with E-state index in [0.717, 1.165) is 49.8 Å². The zero-order chi connectivity index (χ0) is 16.4. The summed E-state index contributed by atoms with van der Waals surface area (Å²) in [5.74, 6) is 8.00. The number of imidazole rings is 1. The molecule has 126 valence electrons. The van der Waals surface area contributed by atoms with Gasteiger partial charge in [0, 0.05) is 19.1 Å². The molecule has 0 bridgehead atoms. The van der Waals surface area contributed by atoms with Gasteiger partial charge in [0.2, 0.25) is 0 Å². The van der Waals surface area contributed by atoms with E-state index in [9.17, 15) is 0 Å². The minimum Gasteiger partial charge on any atom is -0.376 e. The molecule has 1 aliphatic heterocycles. The smallest absolute Gasteiger partial charge is 0.163 e. The van der Waals surface area contributed by atoms with Crippen molar-refractivity contribution < 1.29 is 4.74 Å². The number of aromatic nitrogens is 5. The number of rotatable bonds is 4. The second-order valence-corrected chi connectivity index (χ2v) is 6.57. The summed E-state index contributed by atoms with van der Waals surface area (Å²) in [7, 11) is 0. The van der Waals surface area contributed by atoms with Gasteiger partial charge in [-0.25, -0.2) is 9.67 Å². The summed E-state index contributed by atoms with van der Waals surface area (Å²) in [5.41, 5.74) is 1.76. The molecule has 1 saturated heterocycles. The van der Waals surface area contributed by atoms with E-state index in [1.54, 1.807) is 0 Å². The molecule has 2 aromatic rings. The third kappa shape index (κ3) is 3.36. The standard InChI is InChI=1S/C18H23N5O/c1-2-23-15(9-8-14-6-7-14)11-19-18(23)17-13-22(21-20-17)12-16-5-3-4-10-24-16/h11,13-14,16H,2-7,10,12H2,1H3. The summed E-state index contributed by atoms with van der Waals surface area (Å²) in [4.78, 5) is 4.53. The summed E-state index contributed by atoms with van der Waals surface area (Å²) in [6.45, 7) is 4.54. The van der Waals surface area contributed by atoms with Gasteiger partial charge in [-0.3, -0.25) is 0 Å². The van der Waals surface area contributed by atoms with Gasteiger partial charge in [-0.1, -0.05) is 11.1 Å². The van der Waals surface area contributed by atoms with Gasteiger partial charge in [-0.2, -0.15) is 0 Å². The molecule has 0 N–H and O–H groups in total. The van der Waals surface area contributed by atoms with Gasteiger partial charge in [-0.15, -0.1) is 5.10 Å². The van der Waals surface area contributed by atoms with E-state index < -0.39 is 0 Å². The largest absolute Gasteiger partial charge is 0.376 e. The molecular weight excluding hydrogens is 302 g/mol. The van der Waals surface area contributed by atoms with Crippen LogP contribution in [0.2, 0.25) is 0 Å². The quantitative estimate of drug-likeness (QED) is 0.811. The molecule has 2 aromatic heterocycles. The van der Waals surface area contributed by atoms with Gasteiger partial charge < -0.3 is 9.30 Å². The fourth-order valence-corrected chi connectivity index (χ4v) is 3.05. The lowest BCUT2D eigenvalue weighted by Gasteiger charge is -2.21. The molecule has 2 aliphatic rings. The molecule has 1 aliphatic carbocycles. The zero-order valence-corrected chi connectivity index (χ0v) is 14.1. The van der Waals surface area contributed by atoms with Gasteiger partial charge in [0.15, 0.2) is 5.82 Å². The molecular formula is C18H23N5O. The Labute approximate surface area is 142 Å². The Bertz CT molecular complexity index is 756. The Morgan fingerprint density at radius 1 is 1.29 bits per heavy atom. The number of ether oxygens (including phenoxy) is 1. The number of hydrogen-bond acceptors (Lipinski definition) is 4. The third-order valence-electron chi connectivity index (χ3n) is 4.59. The van der Waals surface area contributed by atoms with Crippen molar-refractivity contribution in [3.8, 4) is 23.4 Å². The lowest BCUT2D eigenvalue weighted by Crippen LogP contribution is -2.24. The van der Waals surface area contributed by atoms with E-state index in [-0.39, 0.29) is 6.10 Å². The maximum absolute atomic E-state index is 5.78. The minimum atomic E-state index is 0.249. The molecule has 0 aromatic carbocycles. The molecule has 0 spiro atoms. The number of hydrogen-bond donors (Lipinski definition) is 0. The first-order valence-corrected chi connectivity index (χ1v) is 8.92. The van der Waals surface area contributed by atoms with Crippen LogP contribution in [-0.4, -0.2) is 37.3 Å². The van der Waals surface area contributed by atoms with Crippen molar-refractivity contribution in [2.24, 2.45) is 5.92 Å². The molecule has 6 heteroatoms. The molecule has 24 heavy (non-hydrogen) atoms. The summed E-state index contributed by atoms with van der Waals surface area (Å²) in [6, 6.07) is 0. The predicted octanol–water partition coefficient (Wildman–Crippen LogP) is 2.49. The normalized spacial score (nSPS) is 20.6. The van der Waals surface area contributed by atoms with Crippen molar-refractivity contribution in [3.63, 3.8) is 0 Å². The Kier molecular flexibility index (Phi) is 4.35. The van der Waals surface area contributed by atoms with Crippen LogP contribution in [0.1, 0.15) is 44.7 Å². The molecule has 0 amide bonds. The minimum absolute atomic E-state index is 0.249. The average molecular weight is 325 g/mol. The van der Waals surface area contributed by atoms with E-state index in [1.807, 2.05) is 17.1 Å². The zero-order valence-electron chi connectivity index (χ0n) is 14.1. The van der Waals surface area contributed by atoms with Crippen LogP contribution >= 0.6 is 0 Å². The van der Waals surface area contributed by atoms with Gasteiger partial charge >= 0.3 is 0 Å². The highest BCUT2D eigenvalue weighted by Gasteiger charge is 2.19. The van der Waals surface area contributed by atoms with Crippen molar-refractivity contribution >= 4 is 0 Å². The van der Waals surface area contributed by atoms with Crippen LogP contribution in [0.4, 0.5) is 0 Å². The van der Waals surface area contributed by atoms with E-state index >= 15 is 0 Å². The number of nitrogens with zero attached hydrogens (tertiary/aromatic N) is 5. The Morgan fingerprint density at radius 2 is 2.21 bits per heavy atom. The van der Waals surface area contributed by atoms with Gasteiger partial charge in [-0.05, 0) is 44.9 Å². The van der Waals surface area contributed by atoms with Gasteiger partial charge in [0.05, 0.1) is 25.0 Å². The Balaban J connectivity index is 1.52. The fraction of sp³-hybridized carbons (Fsp3) is 0.611. The van der Waals surface area contributed by atoms with Crippen LogP contribution in [0, 0.1) is 17.8 Å². The van der Waals surface area contributed by atoms with E-state index in [4.69, 9.17) is 4.74 Å². The summed E-state index contributed by atoms with van der Waals surface area (Å²) in [5, 5.41) is 8.56.